The highest BCUT2D eigenvalue weighted by molar-refractivity contribution is 5.94. The molecule has 0 amide bonds. The van der Waals surface area contributed by atoms with Gasteiger partial charge in [0.05, 0.1) is 18.3 Å². The molecule has 2 heterocycles. The number of nitrogens with one attached hydrogen (secondary N) is 1. The van der Waals surface area contributed by atoms with Crippen LogP contribution in [0.5, 0.6) is 11.5 Å². The van der Waals surface area contributed by atoms with Gasteiger partial charge >= 0.3 is 6.36 Å². The molecule has 0 spiro atoms. The third-order valence-electron chi connectivity index (χ3n) is 5.81. The van der Waals surface area contributed by atoms with Gasteiger partial charge in [-0.3, -0.25) is 0 Å². The lowest BCUT2D eigenvalue weighted by Crippen LogP contribution is -2.31. The van der Waals surface area contributed by atoms with Crippen molar-refractivity contribution >= 4 is 16.6 Å². The summed E-state index contributed by atoms with van der Waals surface area (Å²) in [4.78, 5) is 7.14. The molecule has 3 aromatic rings. The van der Waals surface area contributed by atoms with Crippen LogP contribution in [0, 0.1) is 0 Å². The number of halogens is 3. The van der Waals surface area contributed by atoms with Gasteiger partial charge in [-0.25, -0.2) is 4.98 Å². The lowest BCUT2D eigenvalue weighted by atomic mass is 10.1. The molecule has 0 bridgehead atoms. The van der Waals surface area contributed by atoms with Crippen LogP contribution in [0.4, 0.5) is 18.9 Å². The van der Waals surface area contributed by atoms with Gasteiger partial charge in [-0.15, -0.1) is 13.2 Å². The molecule has 0 atom stereocenters. The fourth-order valence-corrected chi connectivity index (χ4v) is 4.17. The van der Waals surface area contributed by atoms with Gasteiger partial charge in [0.15, 0.2) is 0 Å². The quantitative estimate of drug-likeness (QED) is 0.413. The molecule has 5 nitrogen and oxygen atoms in total. The second-order valence-electron chi connectivity index (χ2n) is 8.19. The Balaban J connectivity index is 1.59. The van der Waals surface area contributed by atoms with Crippen molar-refractivity contribution in [3.8, 4) is 22.8 Å². The smallest absolute Gasteiger partial charge is 0.497 e. The molecule has 0 unspecified atom stereocenters. The first-order chi connectivity index (χ1) is 15.9. The number of benzene rings is 2. The number of piperidine rings is 1. The summed E-state index contributed by atoms with van der Waals surface area (Å²) in [5.74, 6) is 0.481. The molecule has 0 aliphatic carbocycles. The Kier molecular flexibility index (Phi) is 7.23. The van der Waals surface area contributed by atoms with Crippen molar-refractivity contribution in [2.24, 2.45) is 0 Å². The van der Waals surface area contributed by atoms with E-state index in [0.29, 0.717) is 17.4 Å². The normalized spacial score (nSPS) is 14.9. The number of hydrogen-bond acceptors (Lipinski definition) is 5. The fraction of sp³-hybridized carbons (Fsp3) is 0.400. The summed E-state index contributed by atoms with van der Waals surface area (Å²) in [5, 5.41) is 4.01. The number of hydrogen-bond donors (Lipinski definition) is 1. The summed E-state index contributed by atoms with van der Waals surface area (Å²) >= 11 is 0. The second kappa shape index (κ2) is 10.3. The summed E-state index contributed by atoms with van der Waals surface area (Å²) < 4.78 is 47.6. The average molecular weight is 460 g/mol. The zero-order chi connectivity index (χ0) is 23.3. The molecule has 1 saturated heterocycles. The first-order valence-electron chi connectivity index (χ1n) is 11.2. The van der Waals surface area contributed by atoms with E-state index in [1.165, 1.54) is 31.4 Å². The van der Waals surface area contributed by atoms with Gasteiger partial charge in [0, 0.05) is 23.2 Å². The maximum Gasteiger partial charge on any atom is 0.573 e. The van der Waals surface area contributed by atoms with E-state index in [9.17, 15) is 13.2 Å². The van der Waals surface area contributed by atoms with Gasteiger partial charge in [0.25, 0.3) is 0 Å². The predicted molar refractivity (Wildman–Crippen MR) is 124 cm³/mol. The number of methoxy groups -OCH3 is 1. The molecule has 0 saturated carbocycles. The number of fused-ring (bicyclic) bond motifs is 1. The largest absolute Gasteiger partial charge is 0.573 e. The van der Waals surface area contributed by atoms with E-state index < -0.39 is 6.36 Å². The average Bonchev–Trinajstić information content (AvgIpc) is 2.81. The van der Waals surface area contributed by atoms with Gasteiger partial charge in [-0.1, -0.05) is 6.42 Å². The zero-order valence-corrected chi connectivity index (χ0v) is 18.6. The third kappa shape index (κ3) is 6.28. The SMILES string of the molecule is COc1ccc(-c2cc(NCCCN3CCCCC3)c3cc(OC(F)(F)F)ccc3n2)cc1. The van der Waals surface area contributed by atoms with Crippen LogP contribution in [-0.4, -0.2) is 49.5 Å². The predicted octanol–water partition coefficient (Wildman–Crippen LogP) is 6.10. The summed E-state index contributed by atoms with van der Waals surface area (Å²) in [5.41, 5.74) is 2.95. The fourth-order valence-electron chi connectivity index (χ4n) is 4.17. The van der Waals surface area contributed by atoms with Gasteiger partial charge in [0.2, 0.25) is 0 Å². The van der Waals surface area contributed by atoms with E-state index in [2.05, 4.69) is 19.9 Å². The Hall–Kier alpha value is -3.00. The van der Waals surface area contributed by atoms with Crippen LogP contribution in [0.2, 0.25) is 0 Å². The minimum absolute atomic E-state index is 0.259. The molecule has 1 aliphatic rings. The summed E-state index contributed by atoms with van der Waals surface area (Å²) in [6, 6.07) is 13.6. The number of likely N-dealkylation sites (tertiary alicyclic amines) is 1. The summed E-state index contributed by atoms with van der Waals surface area (Å²) in [7, 11) is 1.61. The Morgan fingerprint density at radius 2 is 1.70 bits per heavy atom. The van der Waals surface area contributed by atoms with Gasteiger partial charge in [-0.05, 0) is 87.4 Å². The van der Waals surface area contributed by atoms with Crippen LogP contribution < -0.4 is 14.8 Å². The zero-order valence-electron chi connectivity index (χ0n) is 18.6. The maximum absolute atomic E-state index is 12.7. The van der Waals surface area contributed by atoms with Crippen molar-refractivity contribution in [3.05, 3.63) is 48.5 Å². The highest BCUT2D eigenvalue weighted by Crippen LogP contribution is 2.33. The van der Waals surface area contributed by atoms with Crippen LogP contribution in [0.3, 0.4) is 0 Å². The highest BCUT2D eigenvalue weighted by atomic mass is 19.4. The van der Waals surface area contributed by atoms with Crippen molar-refractivity contribution < 1.29 is 22.6 Å². The van der Waals surface area contributed by atoms with Crippen molar-refractivity contribution in [2.45, 2.75) is 32.0 Å². The summed E-state index contributed by atoms with van der Waals surface area (Å²) in [6.45, 7) is 3.99. The molecule has 1 N–H and O–H groups in total. The van der Waals surface area contributed by atoms with Crippen LogP contribution in [-0.2, 0) is 0 Å². The lowest BCUT2D eigenvalue weighted by molar-refractivity contribution is -0.274. The highest BCUT2D eigenvalue weighted by Gasteiger charge is 2.31. The Labute approximate surface area is 191 Å². The van der Waals surface area contributed by atoms with Crippen LogP contribution >= 0.6 is 0 Å². The molecule has 8 heteroatoms. The van der Waals surface area contributed by atoms with E-state index in [0.717, 1.165) is 48.7 Å². The minimum Gasteiger partial charge on any atom is -0.497 e. The molecule has 33 heavy (non-hydrogen) atoms. The lowest BCUT2D eigenvalue weighted by Gasteiger charge is -2.26. The number of aromatic nitrogens is 1. The van der Waals surface area contributed by atoms with E-state index in [-0.39, 0.29) is 5.75 Å². The van der Waals surface area contributed by atoms with Gasteiger partial charge in [-0.2, -0.15) is 0 Å². The molecular weight excluding hydrogens is 431 g/mol. The molecular formula is C25H28F3N3O2. The number of ether oxygens (including phenoxy) is 2. The van der Waals surface area contributed by atoms with Crippen LogP contribution in [0.25, 0.3) is 22.2 Å². The summed E-state index contributed by atoms with van der Waals surface area (Å²) in [6.07, 6.45) is -0.00786. The van der Waals surface area contributed by atoms with Gasteiger partial charge < -0.3 is 19.7 Å². The van der Waals surface area contributed by atoms with E-state index in [1.807, 2.05) is 30.3 Å². The molecule has 1 fully saturated rings. The first-order valence-corrected chi connectivity index (χ1v) is 11.2. The number of alkyl halides is 3. The minimum atomic E-state index is -4.74. The Morgan fingerprint density at radius 3 is 2.39 bits per heavy atom. The molecule has 2 aromatic carbocycles. The van der Waals surface area contributed by atoms with Crippen molar-refractivity contribution in [2.75, 3.05) is 38.6 Å². The Morgan fingerprint density at radius 1 is 0.970 bits per heavy atom. The third-order valence-corrected chi connectivity index (χ3v) is 5.81. The van der Waals surface area contributed by atoms with Crippen LogP contribution in [0.15, 0.2) is 48.5 Å². The second-order valence-corrected chi connectivity index (χ2v) is 8.19. The standard InChI is InChI=1S/C25H28F3N3O2/c1-32-19-8-6-18(7-9-19)23-17-24(29-12-5-15-31-13-3-2-4-14-31)21-16-20(33-25(26,27)28)10-11-22(21)30-23/h6-11,16-17H,2-5,12-15H2,1H3,(H,29,30). The van der Waals surface area contributed by atoms with E-state index in [1.54, 1.807) is 13.2 Å². The van der Waals surface area contributed by atoms with Crippen molar-refractivity contribution in [3.63, 3.8) is 0 Å². The topological polar surface area (TPSA) is 46.6 Å². The van der Waals surface area contributed by atoms with Crippen molar-refractivity contribution in [1.29, 1.82) is 0 Å². The number of nitrogens with zero attached hydrogens (tertiary/aromatic N) is 2. The van der Waals surface area contributed by atoms with E-state index in [4.69, 9.17) is 4.74 Å². The number of rotatable bonds is 8. The van der Waals surface area contributed by atoms with E-state index >= 15 is 0 Å². The van der Waals surface area contributed by atoms with Crippen molar-refractivity contribution in [1.82, 2.24) is 9.88 Å². The van der Waals surface area contributed by atoms with Gasteiger partial charge in [0.1, 0.15) is 11.5 Å². The monoisotopic (exact) mass is 459 g/mol. The molecule has 1 aliphatic heterocycles. The Bertz CT molecular complexity index is 1060. The van der Waals surface area contributed by atoms with Crippen LogP contribution in [0.1, 0.15) is 25.7 Å². The number of pyridine rings is 1. The molecule has 1 aromatic heterocycles. The first kappa shape index (κ1) is 23.2. The molecule has 176 valence electrons. The molecule has 0 radical (unpaired) electrons. The molecule has 4 rings (SSSR count). The maximum atomic E-state index is 12.7. The number of anilines is 1.